The van der Waals surface area contributed by atoms with E-state index in [9.17, 15) is 4.79 Å². The second kappa shape index (κ2) is 6.32. The predicted molar refractivity (Wildman–Crippen MR) is 91.4 cm³/mol. The summed E-state index contributed by atoms with van der Waals surface area (Å²) in [5.74, 6) is 1.22. The van der Waals surface area contributed by atoms with Gasteiger partial charge in [-0.2, -0.15) is 0 Å². The lowest BCUT2D eigenvalue weighted by Gasteiger charge is -2.21. The van der Waals surface area contributed by atoms with Gasteiger partial charge in [0.2, 0.25) is 0 Å². The molecule has 0 spiro atoms. The van der Waals surface area contributed by atoms with Crippen LogP contribution in [0.5, 0.6) is 0 Å². The number of rotatable bonds is 3. The Hall–Kier alpha value is -2.27. The number of hydrogen-bond acceptors (Lipinski definition) is 4. The summed E-state index contributed by atoms with van der Waals surface area (Å²) in [4.78, 5) is 25.9. The molecule has 2 aliphatic heterocycles. The van der Waals surface area contributed by atoms with Crippen LogP contribution in [0.4, 0.5) is 0 Å². The smallest absolute Gasteiger partial charge is 0.272 e. The average molecular weight is 322 g/mol. The highest BCUT2D eigenvalue weighted by molar-refractivity contribution is 5.92. The van der Waals surface area contributed by atoms with Gasteiger partial charge >= 0.3 is 0 Å². The van der Waals surface area contributed by atoms with Crippen molar-refractivity contribution in [1.82, 2.24) is 19.8 Å². The molecule has 0 aromatic carbocycles. The standard InChI is InChI=1S/C19H22N4O/c1-14-5-4-7-18(21-14)19(24)23-11-15-9-22(10-16(15)12-23)13-17-6-2-3-8-20-17/h2-8,15-16H,9-13H2,1H3/t15-,16-/m1/s1. The van der Waals surface area contributed by atoms with Gasteiger partial charge < -0.3 is 4.90 Å². The van der Waals surface area contributed by atoms with Crippen molar-refractivity contribution in [2.45, 2.75) is 13.5 Å². The molecular weight excluding hydrogens is 300 g/mol. The summed E-state index contributed by atoms with van der Waals surface area (Å²) in [6.45, 7) is 6.61. The summed E-state index contributed by atoms with van der Waals surface area (Å²) in [5, 5.41) is 0. The van der Waals surface area contributed by atoms with Gasteiger partial charge in [0.1, 0.15) is 5.69 Å². The van der Waals surface area contributed by atoms with E-state index in [0.717, 1.165) is 44.1 Å². The van der Waals surface area contributed by atoms with E-state index < -0.39 is 0 Å². The fourth-order valence-electron chi connectivity index (χ4n) is 3.93. The number of amides is 1. The highest BCUT2D eigenvalue weighted by Gasteiger charge is 2.41. The summed E-state index contributed by atoms with van der Waals surface area (Å²) in [7, 11) is 0. The van der Waals surface area contributed by atoms with Gasteiger partial charge in [-0.05, 0) is 43.0 Å². The molecular formula is C19H22N4O. The van der Waals surface area contributed by atoms with E-state index in [2.05, 4.69) is 20.9 Å². The van der Waals surface area contributed by atoms with Gasteiger partial charge in [-0.3, -0.25) is 14.7 Å². The fourth-order valence-corrected chi connectivity index (χ4v) is 3.93. The van der Waals surface area contributed by atoms with Gasteiger partial charge in [0.15, 0.2) is 0 Å². The maximum Gasteiger partial charge on any atom is 0.272 e. The number of hydrogen-bond donors (Lipinski definition) is 0. The van der Waals surface area contributed by atoms with Gasteiger partial charge in [0.05, 0.1) is 5.69 Å². The number of carbonyl (C=O) groups is 1. The van der Waals surface area contributed by atoms with E-state index >= 15 is 0 Å². The van der Waals surface area contributed by atoms with Gasteiger partial charge in [-0.15, -0.1) is 0 Å². The number of aromatic nitrogens is 2. The Morgan fingerprint density at radius 3 is 2.54 bits per heavy atom. The quantitative estimate of drug-likeness (QED) is 0.867. The molecule has 124 valence electrons. The molecule has 5 heteroatoms. The Morgan fingerprint density at radius 1 is 1.08 bits per heavy atom. The van der Waals surface area contributed by atoms with Crippen molar-refractivity contribution >= 4 is 5.91 Å². The van der Waals surface area contributed by atoms with E-state index in [0.29, 0.717) is 17.5 Å². The Labute approximate surface area is 142 Å². The molecule has 2 fully saturated rings. The van der Waals surface area contributed by atoms with Gasteiger partial charge in [0, 0.05) is 44.6 Å². The van der Waals surface area contributed by atoms with Crippen LogP contribution in [0.15, 0.2) is 42.6 Å². The Kier molecular flexibility index (Phi) is 4.02. The van der Waals surface area contributed by atoms with E-state index in [4.69, 9.17) is 0 Å². The summed E-state index contributed by atoms with van der Waals surface area (Å²) >= 11 is 0. The van der Waals surface area contributed by atoms with Crippen LogP contribution in [0.2, 0.25) is 0 Å². The average Bonchev–Trinajstić information content (AvgIpc) is 3.13. The third kappa shape index (κ3) is 3.04. The maximum atomic E-state index is 12.6. The Bertz CT molecular complexity index is 719. The molecule has 5 nitrogen and oxygen atoms in total. The summed E-state index contributed by atoms with van der Waals surface area (Å²) in [5.41, 5.74) is 2.58. The van der Waals surface area contributed by atoms with Crippen LogP contribution in [0.3, 0.4) is 0 Å². The normalized spacial score (nSPS) is 23.5. The minimum Gasteiger partial charge on any atom is -0.337 e. The Morgan fingerprint density at radius 2 is 1.88 bits per heavy atom. The number of pyridine rings is 2. The number of carbonyl (C=O) groups excluding carboxylic acids is 1. The first kappa shape index (κ1) is 15.3. The lowest BCUT2D eigenvalue weighted by atomic mass is 10.0. The molecule has 0 N–H and O–H groups in total. The first-order valence-electron chi connectivity index (χ1n) is 8.54. The second-order valence-corrected chi connectivity index (χ2v) is 6.91. The van der Waals surface area contributed by atoms with Crippen LogP contribution in [0.1, 0.15) is 21.9 Å². The van der Waals surface area contributed by atoms with Crippen LogP contribution in [0.25, 0.3) is 0 Å². The van der Waals surface area contributed by atoms with Crippen LogP contribution in [0, 0.1) is 18.8 Å². The van der Waals surface area contributed by atoms with Crippen LogP contribution < -0.4 is 0 Å². The molecule has 2 saturated heterocycles. The molecule has 2 aliphatic rings. The highest BCUT2D eigenvalue weighted by Crippen LogP contribution is 2.32. The van der Waals surface area contributed by atoms with Crippen molar-refractivity contribution in [1.29, 1.82) is 0 Å². The SMILES string of the molecule is Cc1cccc(C(=O)N2C[C@H]3CN(Cc4ccccn4)C[C@@H]3C2)n1. The molecule has 0 radical (unpaired) electrons. The number of fused-ring (bicyclic) bond motifs is 1. The van der Waals surface area contributed by atoms with Crippen molar-refractivity contribution in [2.75, 3.05) is 26.2 Å². The zero-order chi connectivity index (χ0) is 16.5. The number of likely N-dealkylation sites (tertiary alicyclic amines) is 2. The van der Waals surface area contributed by atoms with Crippen molar-refractivity contribution in [3.63, 3.8) is 0 Å². The van der Waals surface area contributed by atoms with Gasteiger partial charge in [0.25, 0.3) is 5.91 Å². The monoisotopic (exact) mass is 322 g/mol. The summed E-state index contributed by atoms with van der Waals surface area (Å²) < 4.78 is 0. The first-order valence-corrected chi connectivity index (χ1v) is 8.54. The highest BCUT2D eigenvalue weighted by atomic mass is 16.2. The lowest BCUT2D eigenvalue weighted by molar-refractivity contribution is 0.0767. The molecule has 4 heterocycles. The van der Waals surface area contributed by atoms with Gasteiger partial charge in [-0.25, -0.2) is 4.98 Å². The van der Waals surface area contributed by atoms with E-state index in [-0.39, 0.29) is 5.91 Å². The molecule has 2 aromatic rings. The van der Waals surface area contributed by atoms with Crippen molar-refractivity contribution < 1.29 is 4.79 Å². The second-order valence-electron chi connectivity index (χ2n) is 6.91. The van der Waals surface area contributed by atoms with Crippen LogP contribution in [-0.4, -0.2) is 51.9 Å². The van der Waals surface area contributed by atoms with Gasteiger partial charge in [-0.1, -0.05) is 12.1 Å². The third-order valence-electron chi connectivity index (χ3n) is 5.07. The molecule has 0 saturated carbocycles. The van der Waals surface area contributed by atoms with Crippen molar-refractivity contribution in [3.05, 3.63) is 59.7 Å². The summed E-state index contributed by atoms with van der Waals surface area (Å²) in [6.07, 6.45) is 1.85. The molecule has 24 heavy (non-hydrogen) atoms. The molecule has 2 aromatic heterocycles. The van der Waals surface area contributed by atoms with E-state index in [1.165, 1.54) is 0 Å². The Balaban J connectivity index is 1.37. The molecule has 0 unspecified atom stereocenters. The van der Waals surface area contributed by atoms with E-state index in [1.807, 2.05) is 48.4 Å². The maximum absolute atomic E-state index is 12.6. The predicted octanol–water partition coefficient (Wildman–Crippen LogP) is 1.99. The zero-order valence-corrected chi connectivity index (χ0v) is 13.9. The first-order chi connectivity index (χ1) is 11.7. The minimum absolute atomic E-state index is 0.0735. The van der Waals surface area contributed by atoms with Crippen LogP contribution in [-0.2, 0) is 6.54 Å². The van der Waals surface area contributed by atoms with E-state index in [1.54, 1.807) is 0 Å². The van der Waals surface area contributed by atoms with Crippen molar-refractivity contribution in [2.24, 2.45) is 11.8 Å². The number of nitrogens with zero attached hydrogens (tertiary/aromatic N) is 4. The molecule has 0 aliphatic carbocycles. The largest absolute Gasteiger partial charge is 0.337 e. The third-order valence-corrected chi connectivity index (χ3v) is 5.07. The molecule has 0 bridgehead atoms. The molecule has 1 amide bonds. The van der Waals surface area contributed by atoms with Crippen molar-refractivity contribution in [3.8, 4) is 0 Å². The molecule has 4 rings (SSSR count). The molecule has 2 atom stereocenters. The summed E-state index contributed by atoms with van der Waals surface area (Å²) in [6, 6.07) is 11.7. The zero-order valence-electron chi connectivity index (χ0n) is 13.9. The number of aryl methyl sites for hydroxylation is 1. The minimum atomic E-state index is 0.0735. The topological polar surface area (TPSA) is 49.3 Å². The lowest BCUT2D eigenvalue weighted by Crippen LogP contribution is -2.33. The fraction of sp³-hybridized carbons (Fsp3) is 0.421. The van der Waals surface area contributed by atoms with Crippen LogP contribution >= 0.6 is 0 Å².